The van der Waals surface area contributed by atoms with Crippen LogP contribution in [0.5, 0.6) is 0 Å². The molecule has 0 saturated heterocycles. The molecule has 0 aliphatic carbocycles. The highest BCUT2D eigenvalue weighted by atomic mass is 32.2. The lowest BCUT2D eigenvalue weighted by Gasteiger charge is -2.19. The molecule has 10 nitrogen and oxygen atoms in total. The van der Waals surface area contributed by atoms with E-state index < -0.39 is 29.2 Å². The van der Waals surface area contributed by atoms with Crippen LogP contribution in [0.15, 0.2) is 24.3 Å². The summed E-state index contributed by atoms with van der Waals surface area (Å²) in [7, 11) is 0. The second kappa shape index (κ2) is 13.7. The minimum atomic E-state index is -0.999. The van der Waals surface area contributed by atoms with Crippen molar-refractivity contribution < 1.29 is 33.4 Å². The van der Waals surface area contributed by atoms with Gasteiger partial charge < -0.3 is 25.4 Å². The molecule has 0 spiro atoms. The fourth-order valence-corrected chi connectivity index (χ4v) is 3.19. The van der Waals surface area contributed by atoms with E-state index in [0.29, 0.717) is 30.0 Å². The molecule has 0 radical (unpaired) electrons. The Hall–Kier alpha value is -3.08. The highest BCUT2D eigenvalue weighted by molar-refractivity contribution is 8.13. The zero-order valence-corrected chi connectivity index (χ0v) is 21.9. The lowest BCUT2D eigenvalue weighted by atomic mass is 10.2. The molecule has 1 aromatic carbocycles. The average molecular weight is 510 g/mol. The maximum atomic E-state index is 12.2. The van der Waals surface area contributed by atoms with Crippen LogP contribution in [0.25, 0.3) is 0 Å². The lowest BCUT2D eigenvalue weighted by molar-refractivity contribution is -0.161. The first kappa shape index (κ1) is 30.0. The minimum Gasteiger partial charge on any atom is -0.453 e. The standard InChI is InChI=1S/C24H35N3O7S/c1-23(2,3)33-21(31)20(30)27-17-10-8-16(9-11-17)19(29)25-14-12-18(28)35-15-7-13-26-22(32)34-24(4,5)6/h8-11H,7,12-15H2,1-6H3,(H,25,29)(H,26,32)(H,27,30). The van der Waals surface area contributed by atoms with E-state index in [4.69, 9.17) is 9.47 Å². The van der Waals surface area contributed by atoms with E-state index in [-0.39, 0.29) is 24.0 Å². The highest BCUT2D eigenvalue weighted by Gasteiger charge is 2.23. The number of amides is 3. The van der Waals surface area contributed by atoms with Crippen LogP contribution in [-0.2, 0) is 23.9 Å². The first-order valence-corrected chi connectivity index (χ1v) is 12.2. The summed E-state index contributed by atoms with van der Waals surface area (Å²) in [6.45, 7) is 10.9. The fraction of sp³-hybridized carbons (Fsp3) is 0.542. The first-order chi connectivity index (χ1) is 16.2. The molecule has 0 heterocycles. The van der Waals surface area contributed by atoms with E-state index in [9.17, 15) is 24.0 Å². The highest BCUT2D eigenvalue weighted by Crippen LogP contribution is 2.12. The molecule has 1 aromatic rings. The molecule has 0 bridgehead atoms. The summed E-state index contributed by atoms with van der Waals surface area (Å²) >= 11 is 1.14. The minimum absolute atomic E-state index is 0.0669. The van der Waals surface area contributed by atoms with Crippen LogP contribution >= 0.6 is 11.8 Å². The van der Waals surface area contributed by atoms with Crippen molar-refractivity contribution in [1.82, 2.24) is 10.6 Å². The van der Waals surface area contributed by atoms with Crippen molar-refractivity contribution in [3.8, 4) is 0 Å². The molecule has 0 aromatic heterocycles. The molecule has 0 unspecified atom stereocenters. The maximum absolute atomic E-state index is 12.2. The number of hydrogen-bond donors (Lipinski definition) is 3. The molecule has 1 rings (SSSR count). The Morgan fingerprint density at radius 2 is 1.43 bits per heavy atom. The summed E-state index contributed by atoms with van der Waals surface area (Å²) in [5, 5.41) is 7.64. The molecule has 194 valence electrons. The van der Waals surface area contributed by atoms with Crippen molar-refractivity contribution in [1.29, 1.82) is 0 Å². The van der Waals surface area contributed by atoms with Crippen molar-refractivity contribution in [2.75, 3.05) is 24.2 Å². The number of alkyl carbamates (subject to hydrolysis) is 1. The summed E-state index contributed by atoms with van der Waals surface area (Å²) in [6.07, 6.45) is 0.286. The molecule has 3 amide bonds. The van der Waals surface area contributed by atoms with Gasteiger partial charge in [0, 0.05) is 36.5 Å². The van der Waals surface area contributed by atoms with Gasteiger partial charge in [-0.15, -0.1) is 0 Å². The second-order valence-corrected chi connectivity index (χ2v) is 10.7. The van der Waals surface area contributed by atoms with Crippen molar-refractivity contribution in [3.05, 3.63) is 29.8 Å². The summed E-state index contributed by atoms with van der Waals surface area (Å²) < 4.78 is 10.1. The Balaban J connectivity index is 2.28. The predicted molar refractivity (Wildman–Crippen MR) is 134 cm³/mol. The molecule has 0 atom stereocenters. The Morgan fingerprint density at radius 1 is 0.829 bits per heavy atom. The Bertz CT molecular complexity index is 903. The first-order valence-electron chi connectivity index (χ1n) is 11.2. The largest absolute Gasteiger partial charge is 0.453 e. The molecule has 0 aliphatic heterocycles. The van der Waals surface area contributed by atoms with E-state index in [0.717, 1.165) is 11.8 Å². The second-order valence-electron chi connectivity index (χ2n) is 9.54. The monoisotopic (exact) mass is 509 g/mol. The summed E-state index contributed by atoms with van der Waals surface area (Å²) in [5.41, 5.74) is -0.660. The van der Waals surface area contributed by atoms with Crippen molar-refractivity contribution in [3.63, 3.8) is 0 Å². The number of benzene rings is 1. The average Bonchev–Trinajstić information content (AvgIpc) is 2.71. The SMILES string of the molecule is CC(C)(C)OC(=O)NCCCSC(=O)CCNC(=O)c1ccc(NC(=O)C(=O)OC(C)(C)C)cc1. The molecule has 0 fully saturated rings. The number of esters is 1. The summed E-state index contributed by atoms with van der Waals surface area (Å²) in [6, 6.07) is 5.97. The van der Waals surface area contributed by atoms with Crippen LogP contribution < -0.4 is 16.0 Å². The van der Waals surface area contributed by atoms with E-state index in [1.807, 2.05) is 0 Å². The topological polar surface area (TPSA) is 140 Å². The Kier molecular flexibility index (Phi) is 11.7. The van der Waals surface area contributed by atoms with Gasteiger partial charge in [0.2, 0.25) is 0 Å². The van der Waals surface area contributed by atoms with E-state index in [2.05, 4.69) is 16.0 Å². The van der Waals surface area contributed by atoms with Gasteiger partial charge >= 0.3 is 18.0 Å². The van der Waals surface area contributed by atoms with Crippen LogP contribution in [0.1, 0.15) is 64.7 Å². The van der Waals surface area contributed by atoms with Crippen LogP contribution in [0.3, 0.4) is 0 Å². The third kappa shape index (κ3) is 14.0. The van der Waals surface area contributed by atoms with Gasteiger partial charge in [0.15, 0.2) is 5.12 Å². The van der Waals surface area contributed by atoms with Gasteiger partial charge in [0.05, 0.1) is 0 Å². The van der Waals surface area contributed by atoms with Gasteiger partial charge in [-0.1, -0.05) is 11.8 Å². The van der Waals surface area contributed by atoms with Gasteiger partial charge in [0.1, 0.15) is 11.2 Å². The molecule has 11 heteroatoms. The maximum Gasteiger partial charge on any atom is 0.407 e. The fourth-order valence-electron chi connectivity index (χ4n) is 2.43. The predicted octanol–water partition coefficient (Wildman–Crippen LogP) is 3.26. The number of ether oxygens (including phenoxy) is 2. The van der Waals surface area contributed by atoms with Gasteiger partial charge in [-0.2, -0.15) is 0 Å². The van der Waals surface area contributed by atoms with Crippen molar-refractivity contribution >= 4 is 46.4 Å². The van der Waals surface area contributed by atoms with Gasteiger partial charge in [-0.25, -0.2) is 9.59 Å². The molecule has 35 heavy (non-hydrogen) atoms. The van der Waals surface area contributed by atoms with E-state index >= 15 is 0 Å². The molecule has 3 N–H and O–H groups in total. The van der Waals surface area contributed by atoms with Crippen LogP contribution in [0, 0.1) is 0 Å². The molecular weight excluding hydrogens is 474 g/mol. The number of hydrogen-bond acceptors (Lipinski definition) is 8. The molecule has 0 aliphatic rings. The lowest BCUT2D eigenvalue weighted by Crippen LogP contribution is -2.33. The summed E-state index contributed by atoms with van der Waals surface area (Å²) in [4.78, 5) is 59.3. The van der Waals surface area contributed by atoms with Gasteiger partial charge in [0.25, 0.3) is 5.91 Å². The Labute approximate surface area is 210 Å². The van der Waals surface area contributed by atoms with Crippen molar-refractivity contribution in [2.45, 2.75) is 65.6 Å². The van der Waals surface area contributed by atoms with Crippen LogP contribution in [-0.4, -0.2) is 59.0 Å². The van der Waals surface area contributed by atoms with Crippen LogP contribution in [0.2, 0.25) is 0 Å². The number of rotatable bonds is 9. The zero-order chi connectivity index (χ0) is 26.6. The number of anilines is 1. The zero-order valence-electron chi connectivity index (χ0n) is 21.1. The Morgan fingerprint density at radius 3 is 2.00 bits per heavy atom. The number of nitrogens with one attached hydrogen (secondary N) is 3. The molecular formula is C24H35N3O7S. The number of carbonyl (C=O) groups is 5. The van der Waals surface area contributed by atoms with Gasteiger partial charge in [-0.05, 0) is 72.2 Å². The third-order valence-electron chi connectivity index (χ3n) is 3.86. The van der Waals surface area contributed by atoms with E-state index in [1.165, 1.54) is 24.3 Å². The smallest absolute Gasteiger partial charge is 0.407 e. The quantitative estimate of drug-likeness (QED) is 0.262. The normalized spacial score (nSPS) is 11.3. The number of carbonyl (C=O) groups excluding carboxylic acids is 5. The number of thioether (sulfide) groups is 1. The summed E-state index contributed by atoms with van der Waals surface area (Å²) in [5.74, 6) is -1.73. The molecule has 0 saturated carbocycles. The van der Waals surface area contributed by atoms with Crippen LogP contribution in [0.4, 0.5) is 10.5 Å². The van der Waals surface area contributed by atoms with Crippen molar-refractivity contribution in [2.24, 2.45) is 0 Å². The third-order valence-corrected chi connectivity index (χ3v) is 4.88. The van der Waals surface area contributed by atoms with E-state index in [1.54, 1.807) is 41.5 Å². The van der Waals surface area contributed by atoms with Gasteiger partial charge in [-0.3, -0.25) is 14.4 Å².